The molecular formula is C12H12FNO4. The number of carboxylic acid groups (broad SMARTS) is 1. The minimum atomic E-state index is -1.23. The minimum absolute atomic E-state index is 0.145. The minimum Gasteiger partial charge on any atom is -0.483 e. The van der Waals surface area contributed by atoms with Gasteiger partial charge in [-0.3, -0.25) is 4.79 Å². The van der Waals surface area contributed by atoms with Crippen molar-refractivity contribution in [2.24, 2.45) is 0 Å². The predicted octanol–water partition coefficient (Wildman–Crippen LogP) is 1.18. The molecule has 1 fully saturated rings. The number of hydrogen-bond donors (Lipinski definition) is 2. The zero-order valence-electron chi connectivity index (χ0n) is 9.48. The van der Waals surface area contributed by atoms with Crippen molar-refractivity contribution in [3.8, 4) is 5.75 Å². The molecule has 18 heavy (non-hydrogen) atoms. The molecule has 1 saturated carbocycles. The molecule has 0 bridgehead atoms. The number of carbonyl (C=O) groups excluding carboxylic acids is 1. The number of ether oxygens (including phenoxy) is 1. The van der Waals surface area contributed by atoms with Crippen LogP contribution in [0.15, 0.2) is 18.2 Å². The molecule has 0 unspecified atom stereocenters. The van der Waals surface area contributed by atoms with E-state index in [1.807, 2.05) is 0 Å². The molecule has 6 heteroatoms. The Labute approximate surface area is 103 Å². The second-order valence-corrected chi connectivity index (χ2v) is 4.08. The zero-order chi connectivity index (χ0) is 13.1. The molecule has 1 aromatic rings. The van der Waals surface area contributed by atoms with Crippen molar-refractivity contribution < 1.29 is 23.8 Å². The first-order valence-electron chi connectivity index (χ1n) is 5.51. The number of carboxylic acids is 1. The van der Waals surface area contributed by atoms with Crippen LogP contribution in [0.4, 0.5) is 4.39 Å². The van der Waals surface area contributed by atoms with Gasteiger partial charge in [-0.25, -0.2) is 9.18 Å². The lowest BCUT2D eigenvalue weighted by atomic mass is 10.2. The molecule has 1 aliphatic carbocycles. The summed E-state index contributed by atoms with van der Waals surface area (Å²) in [7, 11) is 0. The van der Waals surface area contributed by atoms with Crippen molar-refractivity contribution in [2.45, 2.75) is 18.9 Å². The SMILES string of the molecule is O=C(COc1cc(F)ccc1C(=O)O)NC1CC1. The molecule has 96 valence electrons. The average molecular weight is 253 g/mol. The molecular weight excluding hydrogens is 241 g/mol. The van der Waals surface area contributed by atoms with Gasteiger partial charge in [0, 0.05) is 12.1 Å². The molecule has 0 saturated heterocycles. The standard InChI is InChI=1S/C12H12FNO4/c13-7-1-4-9(12(16)17)10(5-7)18-6-11(15)14-8-2-3-8/h1,4-5,8H,2-3,6H2,(H,14,15)(H,16,17). The maximum atomic E-state index is 13.0. The summed E-state index contributed by atoms with van der Waals surface area (Å²) >= 11 is 0. The molecule has 1 aliphatic rings. The zero-order valence-corrected chi connectivity index (χ0v) is 9.48. The van der Waals surface area contributed by atoms with Crippen molar-refractivity contribution in [1.82, 2.24) is 5.32 Å². The number of rotatable bonds is 5. The van der Waals surface area contributed by atoms with E-state index in [1.54, 1.807) is 0 Å². The van der Waals surface area contributed by atoms with Crippen molar-refractivity contribution in [1.29, 1.82) is 0 Å². The van der Waals surface area contributed by atoms with E-state index in [2.05, 4.69) is 5.32 Å². The summed E-state index contributed by atoms with van der Waals surface area (Å²) < 4.78 is 18.0. The number of benzene rings is 1. The summed E-state index contributed by atoms with van der Waals surface area (Å²) in [4.78, 5) is 22.2. The fraction of sp³-hybridized carbons (Fsp3) is 0.333. The van der Waals surface area contributed by atoms with Crippen LogP contribution in [0.1, 0.15) is 23.2 Å². The fourth-order valence-electron chi connectivity index (χ4n) is 1.43. The highest BCUT2D eigenvalue weighted by Crippen LogP contribution is 2.21. The Balaban J connectivity index is 2.00. The highest BCUT2D eigenvalue weighted by atomic mass is 19.1. The predicted molar refractivity (Wildman–Crippen MR) is 60.0 cm³/mol. The fourth-order valence-corrected chi connectivity index (χ4v) is 1.43. The van der Waals surface area contributed by atoms with E-state index in [4.69, 9.17) is 9.84 Å². The lowest BCUT2D eigenvalue weighted by Gasteiger charge is -2.09. The molecule has 1 aromatic carbocycles. The number of carbonyl (C=O) groups is 2. The van der Waals surface area contributed by atoms with Gasteiger partial charge >= 0.3 is 5.97 Å². The molecule has 0 heterocycles. The maximum Gasteiger partial charge on any atom is 0.339 e. The second kappa shape index (κ2) is 5.03. The summed E-state index contributed by atoms with van der Waals surface area (Å²) in [6.07, 6.45) is 1.90. The molecule has 1 amide bonds. The highest BCUT2D eigenvalue weighted by molar-refractivity contribution is 5.91. The smallest absolute Gasteiger partial charge is 0.339 e. The lowest BCUT2D eigenvalue weighted by molar-refractivity contribution is -0.123. The van der Waals surface area contributed by atoms with Gasteiger partial charge in [0.05, 0.1) is 0 Å². The largest absolute Gasteiger partial charge is 0.483 e. The molecule has 0 radical (unpaired) electrons. The third kappa shape index (κ3) is 3.19. The summed E-state index contributed by atoms with van der Waals surface area (Å²) in [5, 5.41) is 11.6. The van der Waals surface area contributed by atoms with Crippen LogP contribution < -0.4 is 10.1 Å². The highest BCUT2D eigenvalue weighted by Gasteiger charge is 2.23. The third-order valence-corrected chi connectivity index (χ3v) is 2.48. The van der Waals surface area contributed by atoms with Crippen LogP contribution in [0.5, 0.6) is 5.75 Å². The Kier molecular flexibility index (Phi) is 3.45. The Morgan fingerprint density at radius 1 is 1.44 bits per heavy atom. The van der Waals surface area contributed by atoms with Crippen LogP contribution in [0.25, 0.3) is 0 Å². The molecule has 5 nitrogen and oxygen atoms in total. The van der Waals surface area contributed by atoms with Crippen molar-refractivity contribution in [3.05, 3.63) is 29.6 Å². The van der Waals surface area contributed by atoms with Gasteiger partial charge in [-0.1, -0.05) is 0 Å². The van der Waals surface area contributed by atoms with Crippen molar-refractivity contribution in [3.63, 3.8) is 0 Å². The molecule has 0 aliphatic heterocycles. The maximum absolute atomic E-state index is 13.0. The van der Waals surface area contributed by atoms with E-state index >= 15 is 0 Å². The average Bonchev–Trinajstić information content (AvgIpc) is 3.10. The van der Waals surface area contributed by atoms with E-state index < -0.39 is 11.8 Å². The third-order valence-electron chi connectivity index (χ3n) is 2.48. The Morgan fingerprint density at radius 2 is 2.17 bits per heavy atom. The van der Waals surface area contributed by atoms with Gasteiger partial charge in [0.25, 0.3) is 5.91 Å². The van der Waals surface area contributed by atoms with Crippen LogP contribution >= 0.6 is 0 Å². The van der Waals surface area contributed by atoms with Crippen LogP contribution in [0, 0.1) is 5.82 Å². The first-order valence-corrected chi connectivity index (χ1v) is 5.51. The topological polar surface area (TPSA) is 75.6 Å². The van der Waals surface area contributed by atoms with Gasteiger partial charge < -0.3 is 15.2 Å². The molecule has 2 N–H and O–H groups in total. The Bertz CT molecular complexity index is 485. The summed E-state index contributed by atoms with van der Waals surface area (Å²) in [6, 6.07) is 3.29. The van der Waals surface area contributed by atoms with E-state index in [0.29, 0.717) is 0 Å². The van der Waals surface area contributed by atoms with Crippen LogP contribution in [-0.4, -0.2) is 29.6 Å². The Hall–Kier alpha value is -2.11. The molecule has 2 rings (SSSR count). The molecule has 0 spiro atoms. The summed E-state index contributed by atoms with van der Waals surface area (Å²) in [6.45, 7) is -0.319. The van der Waals surface area contributed by atoms with Crippen molar-refractivity contribution in [2.75, 3.05) is 6.61 Å². The number of aromatic carboxylic acids is 1. The van der Waals surface area contributed by atoms with Gasteiger partial charge in [0.15, 0.2) is 6.61 Å². The lowest BCUT2D eigenvalue weighted by Crippen LogP contribution is -2.30. The Morgan fingerprint density at radius 3 is 2.78 bits per heavy atom. The van der Waals surface area contributed by atoms with E-state index in [1.165, 1.54) is 0 Å². The van der Waals surface area contributed by atoms with Gasteiger partial charge in [-0.15, -0.1) is 0 Å². The van der Waals surface area contributed by atoms with Crippen LogP contribution in [0.3, 0.4) is 0 Å². The van der Waals surface area contributed by atoms with Crippen molar-refractivity contribution >= 4 is 11.9 Å². The van der Waals surface area contributed by atoms with E-state index in [-0.39, 0.29) is 29.9 Å². The van der Waals surface area contributed by atoms with Gasteiger partial charge in [-0.05, 0) is 25.0 Å². The van der Waals surface area contributed by atoms with Gasteiger partial charge in [0.1, 0.15) is 17.1 Å². The van der Waals surface area contributed by atoms with Crippen LogP contribution in [-0.2, 0) is 4.79 Å². The van der Waals surface area contributed by atoms with Crippen LogP contribution in [0.2, 0.25) is 0 Å². The second-order valence-electron chi connectivity index (χ2n) is 4.08. The van der Waals surface area contributed by atoms with Gasteiger partial charge in [-0.2, -0.15) is 0 Å². The molecule has 0 atom stereocenters. The number of nitrogens with one attached hydrogen (secondary N) is 1. The number of halogens is 1. The monoisotopic (exact) mass is 253 g/mol. The van der Waals surface area contributed by atoms with E-state index in [0.717, 1.165) is 31.0 Å². The first-order chi connectivity index (χ1) is 8.56. The van der Waals surface area contributed by atoms with E-state index in [9.17, 15) is 14.0 Å². The normalized spacial score (nSPS) is 14.1. The quantitative estimate of drug-likeness (QED) is 0.826. The van der Waals surface area contributed by atoms with Gasteiger partial charge in [0.2, 0.25) is 0 Å². The first kappa shape index (κ1) is 12.3. The molecule has 0 aromatic heterocycles. The number of amides is 1. The summed E-state index contributed by atoms with van der Waals surface area (Å²) in [5.41, 5.74) is -0.171. The number of hydrogen-bond acceptors (Lipinski definition) is 3. The summed E-state index contributed by atoms with van der Waals surface area (Å²) in [5.74, 6) is -2.32.